The second-order valence-electron chi connectivity index (χ2n) is 3.81. The zero-order valence-corrected chi connectivity index (χ0v) is 9.96. The standard InChI is InChI=1S/C15H17N/c1-3-4-8-15(11-13(2)12-16)14-9-6-5-7-10-14/h5-7,9-10H,3-4,8H2,1-2H3. The van der Waals surface area contributed by atoms with Gasteiger partial charge in [-0.05, 0) is 25.3 Å². The second kappa shape index (κ2) is 6.67. The zero-order chi connectivity index (χ0) is 11.8. The van der Waals surface area contributed by atoms with Crippen LogP contribution in [-0.4, -0.2) is 0 Å². The molecule has 0 heterocycles. The molecule has 0 aliphatic rings. The van der Waals surface area contributed by atoms with Crippen molar-refractivity contribution in [2.45, 2.75) is 33.1 Å². The predicted octanol–water partition coefficient (Wildman–Crippen LogP) is 4.33. The Kier molecular flexibility index (Phi) is 5.12. The number of nitrogens with zero attached hydrogens (tertiary/aromatic N) is 1. The predicted molar refractivity (Wildman–Crippen MR) is 67.7 cm³/mol. The van der Waals surface area contributed by atoms with Crippen LogP contribution in [0.15, 0.2) is 41.6 Å². The summed E-state index contributed by atoms with van der Waals surface area (Å²) in [4.78, 5) is 0. The van der Waals surface area contributed by atoms with Crippen LogP contribution in [0.2, 0.25) is 0 Å². The Morgan fingerprint density at radius 3 is 2.50 bits per heavy atom. The zero-order valence-electron chi connectivity index (χ0n) is 9.96. The van der Waals surface area contributed by atoms with Gasteiger partial charge in [-0.1, -0.05) is 43.7 Å². The summed E-state index contributed by atoms with van der Waals surface area (Å²) in [6.45, 7) is 3.97. The van der Waals surface area contributed by atoms with Gasteiger partial charge in [-0.2, -0.15) is 5.26 Å². The van der Waals surface area contributed by atoms with Crippen molar-refractivity contribution in [2.75, 3.05) is 0 Å². The summed E-state index contributed by atoms with van der Waals surface area (Å²) >= 11 is 0. The quantitative estimate of drug-likeness (QED) is 0.537. The fourth-order valence-electron chi connectivity index (χ4n) is 1.53. The number of allylic oxidation sites excluding steroid dienone is 1. The molecule has 1 heteroatoms. The van der Waals surface area contributed by atoms with E-state index < -0.39 is 0 Å². The molecule has 0 bridgehead atoms. The fourth-order valence-corrected chi connectivity index (χ4v) is 1.53. The van der Waals surface area contributed by atoms with Crippen LogP contribution in [-0.2, 0) is 0 Å². The third-order valence-electron chi connectivity index (χ3n) is 2.41. The Bertz CT molecular complexity index is 428. The number of nitriles is 1. The van der Waals surface area contributed by atoms with Gasteiger partial charge >= 0.3 is 0 Å². The van der Waals surface area contributed by atoms with E-state index in [1.165, 1.54) is 5.56 Å². The van der Waals surface area contributed by atoms with Gasteiger partial charge in [0.25, 0.3) is 0 Å². The van der Waals surface area contributed by atoms with Crippen molar-refractivity contribution >= 4 is 5.57 Å². The van der Waals surface area contributed by atoms with E-state index in [2.05, 4.69) is 30.9 Å². The molecule has 1 nitrogen and oxygen atoms in total. The minimum Gasteiger partial charge on any atom is -0.192 e. The highest BCUT2D eigenvalue weighted by molar-refractivity contribution is 5.65. The van der Waals surface area contributed by atoms with Crippen molar-refractivity contribution < 1.29 is 0 Å². The molecule has 82 valence electrons. The average Bonchev–Trinajstić information content (AvgIpc) is 2.35. The highest BCUT2D eigenvalue weighted by atomic mass is 14.2. The van der Waals surface area contributed by atoms with E-state index in [-0.39, 0.29) is 0 Å². The SMILES string of the molecule is CCCCC(=C=C(C)C#N)c1ccccc1. The van der Waals surface area contributed by atoms with Crippen molar-refractivity contribution in [3.63, 3.8) is 0 Å². The number of hydrogen-bond donors (Lipinski definition) is 0. The molecule has 1 aromatic carbocycles. The van der Waals surface area contributed by atoms with E-state index in [1.807, 2.05) is 18.2 Å². The molecule has 0 saturated carbocycles. The van der Waals surface area contributed by atoms with E-state index >= 15 is 0 Å². The largest absolute Gasteiger partial charge is 0.192 e. The molecule has 16 heavy (non-hydrogen) atoms. The Balaban J connectivity index is 3.08. The van der Waals surface area contributed by atoms with E-state index in [4.69, 9.17) is 5.26 Å². The Labute approximate surface area is 97.7 Å². The van der Waals surface area contributed by atoms with Gasteiger partial charge in [-0.3, -0.25) is 0 Å². The number of hydrogen-bond acceptors (Lipinski definition) is 1. The summed E-state index contributed by atoms with van der Waals surface area (Å²) in [6, 6.07) is 12.3. The lowest BCUT2D eigenvalue weighted by molar-refractivity contribution is 0.824. The van der Waals surface area contributed by atoms with Gasteiger partial charge in [0.05, 0.1) is 5.57 Å². The lowest BCUT2D eigenvalue weighted by atomic mass is 10.0. The molecule has 0 amide bonds. The maximum atomic E-state index is 8.79. The number of unbranched alkanes of at least 4 members (excludes halogenated alkanes) is 1. The van der Waals surface area contributed by atoms with Crippen LogP contribution < -0.4 is 0 Å². The first-order valence-corrected chi connectivity index (χ1v) is 5.69. The molecule has 0 N–H and O–H groups in total. The third kappa shape index (κ3) is 3.77. The molecule has 0 spiro atoms. The van der Waals surface area contributed by atoms with Gasteiger partial charge in [-0.25, -0.2) is 0 Å². The molecule has 0 radical (unpaired) electrons. The Hall–Kier alpha value is -1.77. The third-order valence-corrected chi connectivity index (χ3v) is 2.41. The summed E-state index contributed by atoms with van der Waals surface area (Å²) in [5.41, 5.74) is 6.15. The molecular formula is C15H17N. The molecule has 1 aromatic rings. The van der Waals surface area contributed by atoms with Crippen molar-refractivity contribution in [3.8, 4) is 6.07 Å². The van der Waals surface area contributed by atoms with Crippen LogP contribution in [0.3, 0.4) is 0 Å². The normalized spacial score (nSPS) is 9.06. The van der Waals surface area contributed by atoms with E-state index in [1.54, 1.807) is 6.92 Å². The van der Waals surface area contributed by atoms with Crippen molar-refractivity contribution in [1.29, 1.82) is 5.26 Å². The van der Waals surface area contributed by atoms with Gasteiger partial charge in [0.2, 0.25) is 0 Å². The summed E-state index contributed by atoms with van der Waals surface area (Å²) in [6.07, 6.45) is 3.28. The highest BCUT2D eigenvalue weighted by Gasteiger charge is 1.99. The van der Waals surface area contributed by atoms with Gasteiger partial charge in [0.15, 0.2) is 0 Å². The summed E-state index contributed by atoms with van der Waals surface area (Å²) in [5.74, 6) is 0. The van der Waals surface area contributed by atoms with E-state index in [9.17, 15) is 0 Å². The van der Waals surface area contributed by atoms with Crippen LogP contribution in [0.25, 0.3) is 5.57 Å². The first-order chi connectivity index (χ1) is 7.77. The van der Waals surface area contributed by atoms with Crippen LogP contribution in [0.5, 0.6) is 0 Å². The maximum Gasteiger partial charge on any atom is 0.103 e. The molecular weight excluding hydrogens is 194 g/mol. The smallest absolute Gasteiger partial charge is 0.103 e. The number of rotatable bonds is 4. The molecule has 0 fully saturated rings. The molecule has 0 aliphatic heterocycles. The summed E-state index contributed by atoms with van der Waals surface area (Å²) in [5, 5.41) is 8.79. The Morgan fingerprint density at radius 1 is 1.25 bits per heavy atom. The van der Waals surface area contributed by atoms with Gasteiger partial charge in [0.1, 0.15) is 6.07 Å². The molecule has 1 rings (SSSR count). The topological polar surface area (TPSA) is 23.8 Å². The fraction of sp³-hybridized carbons (Fsp3) is 0.333. The second-order valence-corrected chi connectivity index (χ2v) is 3.81. The highest BCUT2D eigenvalue weighted by Crippen LogP contribution is 2.19. The van der Waals surface area contributed by atoms with Crippen LogP contribution in [0.1, 0.15) is 38.7 Å². The van der Waals surface area contributed by atoms with Crippen LogP contribution >= 0.6 is 0 Å². The minimum atomic E-state index is 0.648. The first-order valence-electron chi connectivity index (χ1n) is 5.69. The molecule has 0 atom stereocenters. The molecule has 0 saturated heterocycles. The lowest BCUT2D eigenvalue weighted by Crippen LogP contribution is -1.84. The van der Waals surface area contributed by atoms with Gasteiger partial charge < -0.3 is 0 Å². The van der Waals surface area contributed by atoms with Crippen molar-refractivity contribution in [3.05, 3.63) is 47.2 Å². The van der Waals surface area contributed by atoms with Crippen molar-refractivity contribution in [2.24, 2.45) is 0 Å². The van der Waals surface area contributed by atoms with Crippen molar-refractivity contribution in [1.82, 2.24) is 0 Å². The summed E-state index contributed by atoms with van der Waals surface area (Å²) in [7, 11) is 0. The average molecular weight is 211 g/mol. The minimum absolute atomic E-state index is 0.648. The van der Waals surface area contributed by atoms with Crippen LogP contribution in [0.4, 0.5) is 0 Å². The maximum absolute atomic E-state index is 8.79. The van der Waals surface area contributed by atoms with E-state index in [0.717, 1.165) is 24.8 Å². The lowest BCUT2D eigenvalue weighted by Gasteiger charge is -2.03. The summed E-state index contributed by atoms with van der Waals surface area (Å²) < 4.78 is 0. The first kappa shape index (κ1) is 12.3. The Morgan fingerprint density at radius 2 is 1.94 bits per heavy atom. The molecule has 0 aliphatic carbocycles. The molecule has 0 unspecified atom stereocenters. The molecule has 0 aromatic heterocycles. The van der Waals surface area contributed by atoms with Gasteiger partial charge in [0, 0.05) is 5.57 Å². The van der Waals surface area contributed by atoms with Gasteiger partial charge in [-0.15, -0.1) is 5.73 Å². The monoisotopic (exact) mass is 211 g/mol. The van der Waals surface area contributed by atoms with E-state index in [0.29, 0.717) is 5.57 Å². The number of benzene rings is 1. The van der Waals surface area contributed by atoms with Crippen LogP contribution in [0, 0.1) is 11.3 Å².